The maximum absolute atomic E-state index is 12.1. The van der Waals surface area contributed by atoms with E-state index in [1.807, 2.05) is 30.3 Å². The first-order chi connectivity index (χ1) is 11.4. The topological polar surface area (TPSA) is 122 Å². The minimum atomic E-state index is -3.74. The third-order valence-electron chi connectivity index (χ3n) is 3.49. The van der Waals surface area contributed by atoms with Crippen molar-refractivity contribution in [1.29, 1.82) is 0 Å². The molecular weight excluding hydrogens is 336 g/mol. The Bertz CT molecular complexity index is 718. The van der Waals surface area contributed by atoms with Gasteiger partial charge in [0.05, 0.1) is 18.8 Å². The molecule has 1 heterocycles. The summed E-state index contributed by atoms with van der Waals surface area (Å²) in [7, 11) is -3.74. The quantitative estimate of drug-likeness (QED) is 0.347. The number of piperidine rings is 1. The Labute approximate surface area is 139 Å². The summed E-state index contributed by atoms with van der Waals surface area (Å²) in [6, 6.07) is 8.55. The van der Waals surface area contributed by atoms with Crippen molar-refractivity contribution in [3.63, 3.8) is 0 Å². The summed E-state index contributed by atoms with van der Waals surface area (Å²) in [4.78, 5) is 16.2. The van der Waals surface area contributed by atoms with E-state index in [9.17, 15) is 13.2 Å². The summed E-state index contributed by atoms with van der Waals surface area (Å²) in [5.74, 6) is 0. The summed E-state index contributed by atoms with van der Waals surface area (Å²) in [5.41, 5.74) is 9.41. The lowest BCUT2D eigenvalue weighted by molar-refractivity contribution is 0.0491. The van der Waals surface area contributed by atoms with Gasteiger partial charge < -0.3 is 9.64 Å². The molecule has 0 spiro atoms. The van der Waals surface area contributed by atoms with Crippen molar-refractivity contribution in [1.82, 2.24) is 4.90 Å². The number of benzene rings is 1. The van der Waals surface area contributed by atoms with Crippen molar-refractivity contribution in [2.24, 2.45) is 5.11 Å². The molecule has 130 valence electrons. The number of rotatable bonds is 5. The summed E-state index contributed by atoms with van der Waals surface area (Å²) >= 11 is 0. The predicted molar refractivity (Wildman–Crippen MR) is 85.5 cm³/mol. The molecule has 0 saturated carbocycles. The van der Waals surface area contributed by atoms with Crippen LogP contribution in [0.2, 0.25) is 0 Å². The molecule has 1 aromatic carbocycles. The lowest BCUT2D eigenvalue weighted by Gasteiger charge is -2.34. The van der Waals surface area contributed by atoms with E-state index in [1.165, 1.54) is 4.90 Å². The Morgan fingerprint density at radius 2 is 2.12 bits per heavy atom. The van der Waals surface area contributed by atoms with Gasteiger partial charge in [-0.15, -0.1) is 0 Å². The van der Waals surface area contributed by atoms with Gasteiger partial charge in [0.2, 0.25) is 0 Å². The number of hydrogen-bond donors (Lipinski definition) is 0. The van der Waals surface area contributed by atoms with Gasteiger partial charge in [-0.2, -0.15) is 8.42 Å². The zero-order chi connectivity index (χ0) is 17.6. The van der Waals surface area contributed by atoms with Crippen LogP contribution in [0.1, 0.15) is 12.0 Å². The van der Waals surface area contributed by atoms with Gasteiger partial charge in [-0.1, -0.05) is 35.4 Å². The van der Waals surface area contributed by atoms with Gasteiger partial charge in [-0.05, 0) is 17.5 Å². The molecular formula is C14H18N4O5S. The molecule has 0 aliphatic carbocycles. The number of azide groups is 1. The van der Waals surface area contributed by atoms with Gasteiger partial charge in [0.15, 0.2) is 0 Å². The summed E-state index contributed by atoms with van der Waals surface area (Å²) in [6.07, 6.45) is -0.286. The van der Waals surface area contributed by atoms with Gasteiger partial charge in [-0.3, -0.25) is 4.18 Å². The van der Waals surface area contributed by atoms with Gasteiger partial charge in [0.25, 0.3) is 10.1 Å². The monoisotopic (exact) mass is 354 g/mol. The SMILES string of the molecule is CS(=O)(=O)OC1CN(C(=O)OCc2ccccc2)CCC1N=[N+]=[N-]. The Hall–Kier alpha value is -2.29. The summed E-state index contributed by atoms with van der Waals surface area (Å²) < 4.78 is 32.9. The van der Waals surface area contributed by atoms with E-state index in [1.54, 1.807) is 0 Å². The molecule has 2 rings (SSSR count). The fourth-order valence-electron chi connectivity index (χ4n) is 2.40. The highest BCUT2D eigenvalue weighted by Crippen LogP contribution is 2.20. The minimum Gasteiger partial charge on any atom is -0.445 e. The highest BCUT2D eigenvalue weighted by Gasteiger charge is 2.34. The van der Waals surface area contributed by atoms with Crippen LogP contribution in [-0.2, 0) is 25.6 Å². The highest BCUT2D eigenvalue weighted by molar-refractivity contribution is 7.86. The van der Waals surface area contributed by atoms with Crippen molar-refractivity contribution in [3.05, 3.63) is 46.3 Å². The lowest BCUT2D eigenvalue weighted by Crippen LogP contribution is -2.50. The summed E-state index contributed by atoms with van der Waals surface area (Å²) in [6.45, 7) is 0.388. The lowest BCUT2D eigenvalue weighted by atomic mass is 10.0. The maximum atomic E-state index is 12.1. The van der Waals surface area contributed by atoms with Crippen LogP contribution in [0.4, 0.5) is 4.79 Å². The van der Waals surface area contributed by atoms with Crippen LogP contribution in [0, 0.1) is 0 Å². The zero-order valence-electron chi connectivity index (χ0n) is 13.1. The van der Waals surface area contributed by atoms with Crippen LogP contribution in [0.25, 0.3) is 10.4 Å². The average molecular weight is 354 g/mol. The van der Waals surface area contributed by atoms with Crippen LogP contribution in [0.3, 0.4) is 0 Å². The molecule has 1 fully saturated rings. The number of carbonyl (C=O) groups excluding carboxylic acids is 1. The highest BCUT2D eigenvalue weighted by atomic mass is 32.2. The average Bonchev–Trinajstić information content (AvgIpc) is 2.54. The van der Waals surface area contributed by atoms with Crippen LogP contribution < -0.4 is 0 Å². The molecule has 2 atom stereocenters. The fourth-order valence-corrected chi connectivity index (χ4v) is 3.04. The van der Waals surface area contributed by atoms with E-state index in [-0.39, 0.29) is 13.2 Å². The number of amides is 1. The predicted octanol–water partition coefficient (Wildman–Crippen LogP) is 2.05. The van der Waals surface area contributed by atoms with Crippen molar-refractivity contribution in [2.75, 3.05) is 19.3 Å². The number of hydrogen-bond acceptors (Lipinski definition) is 6. The molecule has 1 aromatic rings. The molecule has 24 heavy (non-hydrogen) atoms. The standard InChI is InChI=1S/C14H18N4O5S/c1-24(20,21)23-13-9-18(8-7-12(13)16-17-15)14(19)22-10-11-5-3-2-4-6-11/h2-6,12-13H,7-10H2,1H3. The third kappa shape index (κ3) is 5.41. The molecule has 0 radical (unpaired) electrons. The molecule has 1 saturated heterocycles. The number of likely N-dealkylation sites (tertiary alicyclic amines) is 1. The van der Waals surface area contributed by atoms with Crippen molar-refractivity contribution in [3.8, 4) is 0 Å². The molecule has 0 aromatic heterocycles. The van der Waals surface area contributed by atoms with E-state index >= 15 is 0 Å². The van der Waals surface area contributed by atoms with E-state index in [4.69, 9.17) is 14.5 Å². The molecule has 10 heteroatoms. The largest absolute Gasteiger partial charge is 0.445 e. The molecule has 1 amide bonds. The van der Waals surface area contributed by atoms with Crippen LogP contribution in [0.15, 0.2) is 35.4 Å². The second-order valence-corrected chi connectivity index (χ2v) is 6.99. The second-order valence-electron chi connectivity index (χ2n) is 5.39. The minimum absolute atomic E-state index is 0.0234. The summed E-state index contributed by atoms with van der Waals surface area (Å²) in [5, 5.41) is 3.55. The Balaban J connectivity index is 1.98. The number of nitrogens with zero attached hydrogens (tertiary/aromatic N) is 4. The van der Waals surface area contributed by atoms with Gasteiger partial charge >= 0.3 is 6.09 Å². The van der Waals surface area contributed by atoms with E-state index < -0.39 is 28.4 Å². The zero-order valence-corrected chi connectivity index (χ0v) is 13.9. The van der Waals surface area contributed by atoms with E-state index in [0.717, 1.165) is 11.8 Å². The fraction of sp³-hybridized carbons (Fsp3) is 0.500. The maximum Gasteiger partial charge on any atom is 0.410 e. The number of carbonyl (C=O) groups is 1. The Morgan fingerprint density at radius 1 is 1.42 bits per heavy atom. The van der Waals surface area contributed by atoms with Crippen LogP contribution >= 0.6 is 0 Å². The van der Waals surface area contributed by atoms with E-state index in [2.05, 4.69) is 10.0 Å². The van der Waals surface area contributed by atoms with Crippen LogP contribution in [0.5, 0.6) is 0 Å². The first-order valence-electron chi connectivity index (χ1n) is 7.27. The normalized spacial score (nSPS) is 21.0. The van der Waals surface area contributed by atoms with Gasteiger partial charge in [-0.25, -0.2) is 4.79 Å². The first-order valence-corrected chi connectivity index (χ1v) is 9.09. The molecule has 1 aliphatic heterocycles. The Kier molecular flexibility index (Phi) is 6.02. The molecule has 2 unspecified atom stereocenters. The Morgan fingerprint density at radius 3 is 2.75 bits per heavy atom. The van der Waals surface area contributed by atoms with Crippen molar-refractivity contribution in [2.45, 2.75) is 25.2 Å². The van der Waals surface area contributed by atoms with Gasteiger partial charge in [0, 0.05) is 11.5 Å². The van der Waals surface area contributed by atoms with Crippen molar-refractivity contribution >= 4 is 16.2 Å². The molecule has 1 aliphatic rings. The van der Waals surface area contributed by atoms with Crippen LogP contribution in [-0.4, -0.2) is 50.9 Å². The third-order valence-corrected chi connectivity index (χ3v) is 4.08. The van der Waals surface area contributed by atoms with Crippen molar-refractivity contribution < 1.29 is 22.1 Å². The molecule has 9 nitrogen and oxygen atoms in total. The smallest absolute Gasteiger partial charge is 0.410 e. The van der Waals surface area contributed by atoms with Gasteiger partial charge in [0.1, 0.15) is 12.7 Å². The first kappa shape index (κ1) is 18.1. The van der Waals surface area contributed by atoms with E-state index in [0.29, 0.717) is 13.0 Å². The molecule has 0 bridgehead atoms. The second kappa shape index (κ2) is 8.00. The molecule has 0 N–H and O–H groups in total. The number of ether oxygens (including phenoxy) is 1.